The number of carbonyl (C=O) groups excluding carboxylic acids is 1. The molecular formula is C22H26FN3O5S. The Kier molecular flexibility index (Phi) is 5.45. The van der Waals surface area contributed by atoms with E-state index in [1.807, 2.05) is 0 Å². The van der Waals surface area contributed by atoms with Gasteiger partial charge in [-0.1, -0.05) is 19.9 Å². The van der Waals surface area contributed by atoms with Gasteiger partial charge in [0.2, 0.25) is 16.0 Å². The zero-order valence-electron chi connectivity index (χ0n) is 22.0. The summed E-state index contributed by atoms with van der Waals surface area (Å²) in [7, 11) is -2.60. The minimum absolute atomic E-state index is 0.127. The molecule has 1 aliphatic rings. The van der Waals surface area contributed by atoms with Crippen molar-refractivity contribution >= 4 is 28.0 Å². The number of benzene rings is 1. The van der Waals surface area contributed by atoms with Crippen molar-refractivity contribution in [1.82, 2.24) is 9.97 Å². The van der Waals surface area contributed by atoms with Crippen molar-refractivity contribution in [3.05, 3.63) is 47.3 Å². The first kappa shape index (κ1) is 18.7. The summed E-state index contributed by atoms with van der Waals surface area (Å²) in [5, 5.41) is 9.91. The highest BCUT2D eigenvalue weighted by molar-refractivity contribution is 7.92. The van der Waals surface area contributed by atoms with E-state index < -0.39 is 58.2 Å². The summed E-state index contributed by atoms with van der Waals surface area (Å²) in [4.78, 5) is 20.4. The van der Waals surface area contributed by atoms with Gasteiger partial charge in [0, 0.05) is 24.6 Å². The first-order valence-electron chi connectivity index (χ1n) is 11.8. The molecule has 2 atom stereocenters. The first-order valence-corrected chi connectivity index (χ1v) is 11.7. The van der Waals surface area contributed by atoms with Crippen molar-refractivity contribution in [1.29, 1.82) is 0 Å². The summed E-state index contributed by atoms with van der Waals surface area (Å²) >= 11 is 0. The maximum atomic E-state index is 14.3. The first-order chi connectivity index (χ1) is 16.6. The molecule has 8 nitrogen and oxygen atoms in total. The number of nitrogens with zero attached hydrogens (tertiary/aromatic N) is 3. The number of sulfonamides is 1. The third-order valence-electron chi connectivity index (χ3n) is 4.79. The fourth-order valence-corrected chi connectivity index (χ4v) is 3.48. The summed E-state index contributed by atoms with van der Waals surface area (Å²) in [6.07, 6.45) is 2.15. The number of cyclic esters (lactones) is 1. The molecule has 32 heavy (non-hydrogen) atoms. The van der Waals surface area contributed by atoms with E-state index in [1.165, 1.54) is 19.2 Å². The van der Waals surface area contributed by atoms with Gasteiger partial charge in [-0.15, -0.1) is 0 Å². The third-order valence-corrected chi connectivity index (χ3v) is 5.95. The second-order valence-corrected chi connectivity index (χ2v) is 9.74. The predicted octanol–water partition coefficient (Wildman–Crippen LogP) is 2.88. The molecule has 2 heterocycles. The molecule has 0 bridgehead atoms. The van der Waals surface area contributed by atoms with Crippen molar-refractivity contribution in [2.45, 2.75) is 44.8 Å². The molecule has 3 rings (SSSR count). The Hall–Kier alpha value is -2.85. The largest absolute Gasteiger partial charge is 0.458 e. The maximum Gasteiger partial charge on any atom is 0.309 e. The van der Waals surface area contributed by atoms with Gasteiger partial charge in [0.15, 0.2) is 0 Å². The molecule has 0 unspecified atom stereocenters. The molecule has 0 radical (unpaired) electrons. The lowest BCUT2D eigenvalue weighted by Crippen LogP contribution is -2.31. The monoisotopic (exact) mass is 468 g/mol. The summed E-state index contributed by atoms with van der Waals surface area (Å²) in [5.41, 5.74) is -0.000832. The lowest BCUT2D eigenvalue weighted by Gasteiger charge is -2.24. The van der Waals surface area contributed by atoms with E-state index in [-0.39, 0.29) is 41.5 Å². The second kappa shape index (κ2) is 9.33. The lowest BCUT2D eigenvalue weighted by molar-refractivity contribution is -0.156. The average molecular weight is 469 g/mol. The van der Waals surface area contributed by atoms with Gasteiger partial charge in [-0.25, -0.2) is 27.1 Å². The number of halogens is 1. The molecule has 1 aromatic heterocycles. The van der Waals surface area contributed by atoms with Crippen LogP contribution in [0.15, 0.2) is 30.2 Å². The highest BCUT2D eigenvalue weighted by Crippen LogP contribution is 2.32. The minimum atomic E-state index is -3.82. The quantitative estimate of drug-likeness (QED) is 0.649. The van der Waals surface area contributed by atoms with Crippen LogP contribution >= 0.6 is 0 Å². The zero-order chi connectivity index (χ0) is 27.1. The molecule has 10 heteroatoms. The van der Waals surface area contributed by atoms with Crippen LogP contribution < -0.4 is 4.31 Å². The predicted molar refractivity (Wildman–Crippen MR) is 119 cm³/mol. The molecule has 0 saturated carbocycles. The van der Waals surface area contributed by atoms with Gasteiger partial charge < -0.3 is 9.84 Å². The number of aliphatic hydroxyl groups excluding tert-OH is 1. The van der Waals surface area contributed by atoms with Crippen LogP contribution in [-0.4, -0.2) is 55.0 Å². The minimum Gasteiger partial charge on any atom is -0.458 e. The van der Waals surface area contributed by atoms with Gasteiger partial charge in [-0.3, -0.25) is 4.79 Å². The lowest BCUT2D eigenvalue weighted by atomic mass is 9.97. The van der Waals surface area contributed by atoms with Gasteiger partial charge in [-0.05, 0) is 36.2 Å². The number of aliphatic hydroxyl groups is 1. The fraction of sp³-hybridized carbons (Fsp3) is 0.409. The van der Waals surface area contributed by atoms with Crippen molar-refractivity contribution in [2.75, 3.05) is 17.6 Å². The van der Waals surface area contributed by atoms with Gasteiger partial charge >= 0.3 is 5.97 Å². The van der Waals surface area contributed by atoms with Crippen LogP contribution in [0.5, 0.6) is 0 Å². The van der Waals surface area contributed by atoms with Crippen molar-refractivity contribution < 1.29 is 32.9 Å². The van der Waals surface area contributed by atoms with Crippen LogP contribution in [0.3, 0.4) is 0 Å². The van der Waals surface area contributed by atoms with Crippen LogP contribution in [0.4, 0.5) is 10.3 Å². The van der Waals surface area contributed by atoms with Gasteiger partial charge in [0.1, 0.15) is 11.9 Å². The number of esters is 1. The molecule has 1 N–H and O–H groups in total. The average Bonchev–Trinajstić information content (AvgIpc) is 2.78. The summed E-state index contributed by atoms with van der Waals surface area (Å²) in [5.74, 6) is -2.55. The van der Waals surface area contributed by atoms with Crippen molar-refractivity contribution in [2.24, 2.45) is 0 Å². The molecule has 1 aliphatic heterocycles. The second-order valence-electron chi connectivity index (χ2n) is 7.73. The maximum absolute atomic E-state index is 14.3. The molecule has 1 aromatic carbocycles. The Labute approximate surface area is 192 Å². The SMILES string of the molecule is [2H]c1c([2H])c(-c2n[13c](N(C)S(C)(=O)=O)nc(C(C)C)c2/C=C/[C@@H]2C[C@@H](O)CC(=O)O2)c([2H])c([2H])c1F. The molecule has 1 saturated heterocycles. The van der Waals surface area contributed by atoms with Crippen molar-refractivity contribution in [3.63, 3.8) is 0 Å². The number of carbonyl (C=O) groups is 1. The molecule has 0 amide bonds. The van der Waals surface area contributed by atoms with Crippen LogP contribution in [0, 0.1) is 5.82 Å². The highest BCUT2D eigenvalue weighted by atomic mass is 32.2. The zero-order valence-corrected chi connectivity index (χ0v) is 18.8. The van der Waals surface area contributed by atoms with Gasteiger partial charge in [0.25, 0.3) is 0 Å². The smallest absolute Gasteiger partial charge is 0.309 e. The Morgan fingerprint density at radius 3 is 2.53 bits per heavy atom. The van der Waals surface area contributed by atoms with E-state index in [1.54, 1.807) is 13.8 Å². The van der Waals surface area contributed by atoms with Gasteiger partial charge in [-0.2, -0.15) is 0 Å². The van der Waals surface area contributed by atoms with Crippen LogP contribution in [-0.2, 0) is 19.6 Å². The fourth-order valence-electron chi connectivity index (χ4n) is 3.10. The molecule has 2 aromatic rings. The number of hydrogen-bond donors (Lipinski definition) is 1. The van der Waals surface area contributed by atoms with E-state index in [0.29, 0.717) is 5.69 Å². The van der Waals surface area contributed by atoms with Gasteiger partial charge in [0.05, 0.1) is 35.7 Å². The normalized spacial score (nSPS) is 21.2. The van der Waals surface area contributed by atoms with E-state index in [4.69, 9.17) is 10.2 Å². The van der Waals surface area contributed by atoms with Crippen molar-refractivity contribution in [3.8, 4) is 11.3 Å². The number of aromatic nitrogens is 2. The van der Waals surface area contributed by atoms with E-state index in [2.05, 4.69) is 9.97 Å². The van der Waals surface area contributed by atoms with Crippen LogP contribution in [0.2, 0.25) is 0 Å². The number of rotatable bonds is 6. The van der Waals surface area contributed by atoms with E-state index >= 15 is 0 Å². The van der Waals surface area contributed by atoms with E-state index in [9.17, 15) is 22.7 Å². The third kappa shape index (κ3) is 5.49. The Bertz CT molecular complexity index is 1320. The van der Waals surface area contributed by atoms with Crippen LogP contribution in [0.1, 0.15) is 49.3 Å². The number of ether oxygens (including phenoxy) is 1. The number of anilines is 1. The summed E-state index contributed by atoms with van der Waals surface area (Å²) < 4.78 is 77.1. The Balaban J connectivity index is 2.36. The number of hydrogen-bond acceptors (Lipinski definition) is 7. The molecule has 172 valence electrons. The Morgan fingerprint density at radius 2 is 1.97 bits per heavy atom. The standard InChI is InChI=1S/C22H26FN3O5S/c1-13(2)20-18(10-9-17-11-16(27)12-19(28)31-17)21(14-5-7-15(23)8-6-14)25-22(24-20)26(3)32(4,29)30/h5-10,13,16-17,27H,11-12H2,1-4H3/b10-9+/t16-,17-/m1/s1/i5D,6D,7D,8D,22+1. The summed E-state index contributed by atoms with van der Waals surface area (Å²) in [6.45, 7) is 3.52. The molecule has 0 aliphatic carbocycles. The Morgan fingerprint density at radius 1 is 1.31 bits per heavy atom. The molecule has 0 spiro atoms. The van der Waals surface area contributed by atoms with E-state index in [0.717, 1.165) is 10.6 Å². The molecule has 1 fully saturated rings. The topological polar surface area (TPSA) is 110 Å². The summed E-state index contributed by atoms with van der Waals surface area (Å²) in [6, 6.07) is -3.23. The highest BCUT2D eigenvalue weighted by Gasteiger charge is 2.26. The van der Waals surface area contributed by atoms with Crippen LogP contribution in [0.25, 0.3) is 17.3 Å². The molecular weight excluding hydrogens is 438 g/mol.